The molecule has 180 valence electrons. The van der Waals surface area contributed by atoms with Gasteiger partial charge in [-0.05, 0) is 24.3 Å². The van der Waals surface area contributed by atoms with Crippen molar-refractivity contribution in [2.45, 2.75) is 4.90 Å². The van der Waals surface area contributed by atoms with Crippen LogP contribution in [0, 0.1) is 10.1 Å². The number of hydrogen-bond donors (Lipinski definition) is 0. The molecule has 5 rings (SSSR count). The van der Waals surface area contributed by atoms with Crippen LogP contribution in [-0.4, -0.2) is 63.4 Å². The van der Waals surface area contributed by atoms with Crippen LogP contribution in [-0.2, 0) is 10.0 Å². The molecule has 2 aromatic heterocycles. The van der Waals surface area contributed by atoms with E-state index in [0.717, 1.165) is 17.3 Å². The highest BCUT2D eigenvalue weighted by Gasteiger charge is 2.31. The number of rotatable bonds is 5. The first-order valence-corrected chi connectivity index (χ1v) is 12.6. The second-order valence-corrected chi connectivity index (χ2v) is 10.5. The first kappa shape index (κ1) is 23.4. The summed E-state index contributed by atoms with van der Waals surface area (Å²) < 4.78 is 28.9. The number of non-ortho nitro benzene ring substituents is 1. The van der Waals surface area contributed by atoms with Gasteiger partial charge in [-0.1, -0.05) is 35.3 Å². The van der Waals surface area contributed by atoms with Crippen molar-refractivity contribution in [3.05, 3.63) is 74.9 Å². The fraction of sp³-hybridized carbons (Fsp3) is 0.190. The van der Waals surface area contributed by atoms with Crippen molar-refractivity contribution >= 4 is 50.6 Å². The first-order valence-electron chi connectivity index (χ1n) is 10.4. The first-order chi connectivity index (χ1) is 16.7. The van der Waals surface area contributed by atoms with Gasteiger partial charge in [0, 0.05) is 50.1 Å². The number of nitro groups is 1. The number of fused-ring (bicyclic) bond motifs is 1. The second kappa shape index (κ2) is 9.04. The Morgan fingerprint density at radius 3 is 2.46 bits per heavy atom. The maximum absolute atomic E-state index is 13.0. The molecule has 1 aliphatic rings. The molecule has 0 aliphatic carbocycles. The van der Waals surface area contributed by atoms with E-state index >= 15 is 0 Å². The van der Waals surface area contributed by atoms with Gasteiger partial charge in [0.1, 0.15) is 0 Å². The summed E-state index contributed by atoms with van der Waals surface area (Å²) in [6, 6.07) is 12.1. The van der Waals surface area contributed by atoms with Gasteiger partial charge in [-0.15, -0.1) is 5.10 Å². The number of anilines is 1. The summed E-state index contributed by atoms with van der Waals surface area (Å²) in [5, 5.41) is 16.5. The number of benzene rings is 2. The molecule has 0 unspecified atom stereocenters. The summed E-state index contributed by atoms with van der Waals surface area (Å²) in [5.74, 6) is 0.799. The Balaban J connectivity index is 1.37. The van der Waals surface area contributed by atoms with Crippen molar-refractivity contribution in [2.75, 3.05) is 31.1 Å². The van der Waals surface area contributed by atoms with Crippen LogP contribution in [0.25, 0.3) is 17.0 Å². The van der Waals surface area contributed by atoms with Gasteiger partial charge in [0.2, 0.25) is 16.0 Å². The monoisotopic (exact) mass is 533 g/mol. The van der Waals surface area contributed by atoms with Gasteiger partial charge in [-0.3, -0.25) is 10.1 Å². The number of piperazine rings is 1. The normalized spacial score (nSPS) is 15.0. The summed E-state index contributed by atoms with van der Waals surface area (Å²) in [5.41, 5.74) is 1.24. The van der Waals surface area contributed by atoms with Gasteiger partial charge in [-0.25, -0.2) is 13.4 Å². The lowest BCUT2D eigenvalue weighted by Gasteiger charge is -2.33. The molecule has 0 N–H and O–H groups in total. The Kier molecular flexibility index (Phi) is 6.05. The van der Waals surface area contributed by atoms with E-state index in [1.807, 2.05) is 11.0 Å². The number of hydrogen-bond acceptors (Lipinski definition) is 8. The molecule has 14 heteroatoms. The lowest BCUT2D eigenvalue weighted by Crippen LogP contribution is -2.49. The van der Waals surface area contributed by atoms with E-state index in [9.17, 15) is 18.5 Å². The molecule has 0 amide bonds. The van der Waals surface area contributed by atoms with E-state index < -0.39 is 14.9 Å². The number of sulfonamides is 1. The molecule has 3 heterocycles. The molecule has 0 bridgehead atoms. The third-order valence-corrected chi connectivity index (χ3v) is 8.27. The molecule has 0 saturated carbocycles. The van der Waals surface area contributed by atoms with Crippen LogP contribution in [0.4, 0.5) is 11.6 Å². The van der Waals surface area contributed by atoms with Crippen molar-refractivity contribution in [1.29, 1.82) is 0 Å². The number of aromatic nitrogens is 4. The minimum Gasteiger partial charge on any atom is -0.337 e. The smallest absolute Gasteiger partial charge is 0.270 e. The summed E-state index contributed by atoms with van der Waals surface area (Å²) >= 11 is 12.2. The molecular formula is C21H17Cl2N7O4S. The quantitative estimate of drug-likeness (QED) is 0.281. The number of nitrogens with zero attached hydrogens (tertiary/aromatic N) is 7. The molecular weight excluding hydrogens is 517 g/mol. The average molecular weight is 534 g/mol. The molecule has 35 heavy (non-hydrogen) atoms. The SMILES string of the molecule is O=[N+]([O-])c1cccc(S(=O)(=O)N2CCN(c3nc4nccc(-c5ccc(Cl)c(Cl)c5)n4n3)CC2)c1. The zero-order valence-corrected chi connectivity index (χ0v) is 20.3. The Morgan fingerprint density at radius 1 is 0.971 bits per heavy atom. The maximum Gasteiger partial charge on any atom is 0.270 e. The van der Waals surface area contributed by atoms with Crippen LogP contribution in [0.1, 0.15) is 0 Å². The molecule has 1 aliphatic heterocycles. The van der Waals surface area contributed by atoms with Crippen LogP contribution >= 0.6 is 23.2 Å². The molecule has 11 nitrogen and oxygen atoms in total. The Morgan fingerprint density at radius 2 is 1.74 bits per heavy atom. The third-order valence-electron chi connectivity index (χ3n) is 5.63. The number of nitro benzene ring substituents is 1. The van der Waals surface area contributed by atoms with Crippen LogP contribution in [0.3, 0.4) is 0 Å². The van der Waals surface area contributed by atoms with Gasteiger partial charge in [0.15, 0.2) is 0 Å². The second-order valence-electron chi connectivity index (χ2n) is 7.73. The Labute approximate surface area is 209 Å². The lowest BCUT2D eigenvalue weighted by molar-refractivity contribution is -0.385. The van der Waals surface area contributed by atoms with Crippen LogP contribution in [0.2, 0.25) is 10.0 Å². The predicted octanol–water partition coefficient (Wildman–Crippen LogP) is 3.52. The summed E-state index contributed by atoms with van der Waals surface area (Å²) in [6.45, 7) is 1.03. The molecule has 0 radical (unpaired) electrons. The van der Waals surface area contributed by atoms with Gasteiger partial charge in [-0.2, -0.15) is 13.8 Å². The lowest BCUT2D eigenvalue weighted by atomic mass is 10.1. The Hall–Kier alpha value is -3.32. The summed E-state index contributed by atoms with van der Waals surface area (Å²) in [6.07, 6.45) is 1.62. The molecule has 1 fully saturated rings. The highest BCUT2D eigenvalue weighted by molar-refractivity contribution is 7.89. The van der Waals surface area contributed by atoms with Crippen molar-refractivity contribution in [1.82, 2.24) is 23.9 Å². The Bertz CT molecular complexity index is 1550. The minimum atomic E-state index is -3.88. The fourth-order valence-electron chi connectivity index (χ4n) is 3.83. The van der Waals surface area contributed by atoms with Crippen molar-refractivity contribution in [3.63, 3.8) is 0 Å². The zero-order valence-electron chi connectivity index (χ0n) is 18.0. The van der Waals surface area contributed by atoms with E-state index in [1.54, 1.807) is 28.9 Å². The van der Waals surface area contributed by atoms with Gasteiger partial charge in [0.05, 0.1) is 25.6 Å². The van der Waals surface area contributed by atoms with Crippen LogP contribution < -0.4 is 4.90 Å². The van der Waals surface area contributed by atoms with Gasteiger partial charge in [0.25, 0.3) is 11.5 Å². The van der Waals surface area contributed by atoms with Gasteiger partial charge >= 0.3 is 0 Å². The van der Waals surface area contributed by atoms with E-state index in [0.29, 0.717) is 34.9 Å². The third kappa shape index (κ3) is 4.41. The minimum absolute atomic E-state index is 0.110. The van der Waals surface area contributed by atoms with E-state index in [2.05, 4.69) is 15.1 Å². The maximum atomic E-state index is 13.0. The van der Waals surface area contributed by atoms with Crippen LogP contribution in [0.5, 0.6) is 0 Å². The van der Waals surface area contributed by atoms with E-state index in [-0.39, 0.29) is 23.7 Å². The molecule has 0 atom stereocenters. The van der Waals surface area contributed by atoms with Crippen molar-refractivity contribution in [3.8, 4) is 11.3 Å². The topological polar surface area (TPSA) is 127 Å². The van der Waals surface area contributed by atoms with E-state index in [1.165, 1.54) is 22.5 Å². The van der Waals surface area contributed by atoms with Crippen molar-refractivity contribution < 1.29 is 13.3 Å². The molecule has 2 aromatic carbocycles. The highest BCUT2D eigenvalue weighted by Crippen LogP contribution is 2.29. The molecule has 0 spiro atoms. The van der Waals surface area contributed by atoms with Gasteiger partial charge < -0.3 is 4.90 Å². The van der Waals surface area contributed by atoms with Crippen molar-refractivity contribution in [2.24, 2.45) is 0 Å². The predicted molar refractivity (Wildman–Crippen MR) is 130 cm³/mol. The molecule has 4 aromatic rings. The fourth-order valence-corrected chi connectivity index (χ4v) is 5.59. The summed E-state index contributed by atoms with van der Waals surface area (Å²) in [4.78, 5) is 21.0. The number of halogens is 2. The zero-order chi connectivity index (χ0) is 24.7. The average Bonchev–Trinajstić information content (AvgIpc) is 3.30. The standard InChI is InChI=1S/C21H17Cl2N7O4S/c22-17-5-4-14(12-18(17)23)19-6-7-24-20-25-21(26-29(19)20)27-8-10-28(11-9-27)35(33,34)16-3-1-2-15(13-16)30(31)32/h1-7,12-13H,8-11H2. The highest BCUT2D eigenvalue weighted by atomic mass is 35.5. The van der Waals surface area contributed by atoms with Crippen LogP contribution in [0.15, 0.2) is 59.6 Å². The largest absolute Gasteiger partial charge is 0.337 e. The summed E-state index contributed by atoms with van der Waals surface area (Å²) in [7, 11) is -3.88. The van der Waals surface area contributed by atoms with E-state index in [4.69, 9.17) is 23.2 Å². The molecule has 1 saturated heterocycles.